The Morgan fingerprint density at radius 3 is 3.14 bits per heavy atom. The van der Waals surface area contributed by atoms with E-state index in [0.717, 1.165) is 12.6 Å². The van der Waals surface area contributed by atoms with E-state index in [9.17, 15) is 0 Å². The van der Waals surface area contributed by atoms with E-state index in [1.54, 1.807) is 5.56 Å². The quantitative estimate of drug-likeness (QED) is 0.806. The smallest absolute Gasteiger partial charge is 0.00756 e. The first-order valence-electron chi connectivity index (χ1n) is 5.51. The van der Waals surface area contributed by atoms with Gasteiger partial charge < -0.3 is 5.32 Å². The summed E-state index contributed by atoms with van der Waals surface area (Å²) in [6.45, 7) is 5.71. The summed E-state index contributed by atoms with van der Waals surface area (Å²) in [5.74, 6) is 0. The third kappa shape index (κ3) is 1.86. The van der Waals surface area contributed by atoms with Gasteiger partial charge in [-0.2, -0.15) is 11.3 Å². The minimum atomic E-state index is 0.437. The molecule has 1 aromatic rings. The van der Waals surface area contributed by atoms with Crippen LogP contribution in [0.1, 0.15) is 38.7 Å². The van der Waals surface area contributed by atoms with Crippen LogP contribution in [0.5, 0.6) is 0 Å². The lowest BCUT2D eigenvalue weighted by Gasteiger charge is -2.23. The molecule has 0 aromatic carbocycles. The zero-order chi connectivity index (χ0) is 10.0. The van der Waals surface area contributed by atoms with Crippen molar-refractivity contribution in [3.05, 3.63) is 22.4 Å². The van der Waals surface area contributed by atoms with Crippen LogP contribution >= 0.6 is 11.3 Å². The molecule has 78 valence electrons. The van der Waals surface area contributed by atoms with Gasteiger partial charge in [-0.1, -0.05) is 13.8 Å². The Hall–Kier alpha value is -0.340. The summed E-state index contributed by atoms with van der Waals surface area (Å²) in [4.78, 5) is 0. The summed E-state index contributed by atoms with van der Waals surface area (Å²) in [5, 5.41) is 8.07. The van der Waals surface area contributed by atoms with Crippen LogP contribution in [0.2, 0.25) is 0 Å². The average molecular weight is 209 g/mol. The van der Waals surface area contributed by atoms with Crippen molar-refractivity contribution in [3.63, 3.8) is 0 Å². The van der Waals surface area contributed by atoms with Gasteiger partial charge in [-0.05, 0) is 53.6 Å². The van der Waals surface area contributed by atoms with Crippen molar-refractivity contribution in [1.82, 2.24) is 5.32 Å². The average Bonchev–Trinajstić information content (AvgIpc) is 2.75. The second kappa shape index (κ2) is 4.03. The molecule has 2 atom stereocenters. The maximum atomic E-state index is 3.56. The highest BCUT2D eigenvalue weighted by Crippen LogP contribution is 2.41. The third-order valence-corrected chi connectivity index (χ3v) is 4.14. The van der Waals surface area contributed by atoms with Crippen molar-refractivity contribution in [2.45, 2.75) is 44.6 Å². The minimum Gasteiger partial charge on any atom is -0.314 e. The highest BCUT2D eigenvalue weighted by atomic mass is 32.1. The van der Waals surface area contributed by atoms with E-state index in [1.165, 1.54) is 19.3 Å². The highest BCUT2D eigenvalue weighted by Gasteiger charge is 2.36. The number of rotatable bonds is 3. The molecule has 0 amide bonds. The van der Waals surface area contributed by atoms with E-state index in [0.29, 0.717) is 5.41 Å². The van der Waals surface area contributed by atoms with Gasteiger partial charge in [0.1, 0.15) is 0 Å². The Kier molecular flexibility index (Phi) is 2.93. The van der Waals surface area contributed by atoms with Gasteiger partial charge in [0.05, 0.1) is 0 Å². The zero-order valence-corrected chi connectivity index (χ0v) is 9.86. The lowest BCUT2D eigenvalue weighted by Crippen LogP contribution is -2.28. The molecule has 0 spiro atoms. The van der Waals surface area contributed by atoms with Crippen LogP contribution in [0, 0.1) is 0 Å². The van der Waals surface area contributed by atoms with Gasteiger partial charge in [0.2, 0.25) is 0 Å². The molecule has 14 heavy (non-hydrogen) atoms. The Labute approximate surface area is 90.5 Å². The largest absolute Gasteiger partial charge is 0.314 e. The van der Waals surface area contributed by atoms with Crippen molar-refractivity contribution in [1.29, 1.82) is 0 Å². The summed E-state index contributed by atoms with van der Waals surface area (Å²) in [7, 11) is 0. The highest BCUT2D eigenvalue weighted by molar-refractivity contribution is 7.08. The molecule has 0 aliphatic heterocycles. The van der Waals surface area contributed by atoms with Crippen LogP contribution in [0.15, 0.2) is 16.8 Å². The maximum absolute atomic E-state index is 3.56. The van der Waals surface area contributed by atoms with Crippen LogP contribution in [0.25, 0.3) is 0 Å². The number of hydrogen-bond acceptors (Lipinski definition) is 2. The van der Waals surface area contributed by atoms with E-state index < -0.39 is 0 Å². The summed E-state index contributed by atoms with van der Waals surface area (Å²) in [5.41, 5.74) is 1.98. The van der Waals surface area contributed by atoms with E-state index >= 15 is 0 Å². The molecule has 1 saturated carbocycles. The normalized spacial score (nSPS) is 32.3. The Balaban J connectivity index is 2.06. The molecular weight excluding hydrogens is 190 g/mol. The predicted molar refractivity (Wildman–Crippen MR) is 63.0 cm³/mol. The van der Waals surface area contributed by atoms with Crippen LogP contribution in [-0.4, -0.2) is 12.6 Å². The Bertz CT molecular complexity index is 281. The first-order valence-corrected chi connectivity index (χ1v) is 6.45. The lowest BCUT2D eigenvalue weighted by atomic mass is 9.82. The van der Waals surface area contributed by atoms with Crippen molar-refractivity contribution >= 4 is 11.3 Å². The summed E-state index contributed by atoms with van der Waals surface area (Å²) in [6, 6.07) is 3.03. The van der Waals surface area contributed by atoms with Crippen LogP contribution in [-0.2, 0) is 5.41 Å². The minimum absolute atomic E-state index is 0.437. The van der Waals surface area contributed by atoms with E-state index in [2.05, 4.69) is 36.0 Å². The van der Waals surface area contributed by atoms with Gasteiger partial charge in [-0.15, -0.1) is 0 Å². The molecule has 0 bridgehead atoms. The zero-order valence-electron chi connectivity index (χ0n) is 9.05. The number of thiophene rings is 1. The molecule has 2 unspecified atom stereocenters. The fraction of sp³-hybridized carbons (Fsp3) is 0.667. The summed E-state index contributed by atoms with van der Waals surface area (Å²) in [6.07, 6.45) is 3.97. The standard InChI is InChI=1S/C12H19NS/c1-3-13-11-4-6-12(2,8-11)10-5-7-14-9-10/h5,7,9,11,13H,3-4,6,8H2,1-2H3. The molecule has 0 radical (unpaired) electrons. The molecule has 2 rings (SSSR count). The Morgan fingerprint density at radius 1 is 1.64 bits per heavy atom. The number of nitrogens with one attached hydrogen (secondary N) is 1. The van der Waals surface area contributed by atoms with Crippen molar-refractivity contribution in [2.24, 2.45) is 0 Å². The molecule has 1 aliphatic carbocycles. The maximum Gasteiger partial charge on any atom is 0.00756 e. The van der Waals surface area contributed by atoms with Gasteiger partial charge in [0.15, 0.2) is 0 Å². The van der Waals surface area contributed by atoms with Crippen LogP contribution in [0.4, 0.5) is 0 Å². The van der Waals surface area contributed by atoms with E-state index in [4.69, 9.17) is 0 Å². The molecule has 1 heterocycles. The van der Waals surface area contributed by atoms with Crippen LogP contribution in [0.3, 0.4) is 0 Å². The molecule has 0 saturated heterocycles. The molecule has 1 nitrogen and oxygen atoms in total. The fourth-order valence-corrected chi connectivity index (χ4v) is 3.39. The lowest BCUT2D eigenvalue weighted by molar-refractivity contribution is 0.459. The topological polar surface area (TPSA) is 12.0 Å². The monoisotopic (exact) mass is 209 g/mol. The van der Waals surface area contributed by atoms with E-state index in [-0.39, 0.29) is 0 Å². The Morgan fingerprint density at radius 2 is 2.50 bits per heavy atom. The first-order chi connectivity index (χ1) is 6.74. The van der Waals surface area contributed by atoms with Gasteiger partial charge in [0.25, 0.3) is 0 Å². The molecule has 2 heteroatoms. The molecule has 1 fully saturated rings. The second-order valence-corrected chi connectivity index (χ2v) is 5.35. The van der Waals surface area contributed by atoms with Gasteiger partial charge >= 0.3 is 0 Å². The van der Waals surface area contributed by atoms with Gasteiger partial charge in [-0.3, -0.25) is 0 Å². The van der Waals surface area contributed by atoms with Crippen molar-refractivity contribution < 1.29 is 0 Å². The molecule has 1 aliphatic rings. The fourth-order valence-electron chi connectivity index (χ4n) is 2.57. The van der Waals surface area contributed by atoms with E-state index in [1.807, 2.05) is 11.3 Å². The van der Waals surface area contributed by atoms with Gasteiger partial charge in [0, 0.05) is 6.04 Å². The predicted octanol–water partition coefficient (Wildman–Crippen LogP) is 3.17. The van der Waals surface area contributed by atoms with Crippen molar-refractivity contribution in [3.8, 4) is 0 Å². The molecule has 1 N–H and O–H groups in total. The number of hydrogen-bond donors (Lipinski definition) is 1. The van der Waals surface area contributed by atoms with Gasteiger partial charge in [-0.25, -0.2) is 0 Å². The second-order valence-electron chi connectivity index (χ2n) is 4.57. The molecule has 1 aromatic heterocycles. The third-order valence-electron chi connectivity index (χ3n) is 3.45. The summed E-state index contributed by atoms with van der Waals surface area (Å²) >= 11 is 1.82. The summed E-state index contributed by atoms with van der Waals surface area (Å²) < 4.78 is 0. The molecular formula is C12H19NS. The van der Waals surface area contributed by atoms with Crippen LogP contribution < -0.4 is 5.32 Å². The SMILES string of the molecule is CCNC1CCC(C)(c2ccsc2)C1. The first kappa shape index (κ1) is 10.2. The van der Waals surface area contributed by atoms with Crippen molar-refractivity contribution in [2.75, 3.05) is 6.54 Å².